The van der Waals surface area contributed by atoms with Gasteiger partial charge in [0.2, 0.25) is 11.8 Å². The Morgan fingerprint density at radius 1 is 1.00 bits per heavy atom. The Bertz CT molecular complexity index is 702. The summed E-state index contributed by atoms with van der Waals surface area (Å²) in [6.07, 6.45) is 7.04. The molecule has 0 radical (unpaired) electrons. The summed E-state index contributed by atoms with van der Waals surface area (Å²) in [5, 5.41) is 6.19. The zero-order valence-corrected chi connectivity index (χ0v) is 17.5. The lowest BCUT2D eigenvalue weighted by atomic mass is 9.49. The van der Waals surface area contributed by atoms with Crippen LogP contribution in [0.5, 0.6) is 0 Å². The number of nitrogens with one attached hydrogen (secondary N) is 2. The van der Waals surface area contributed by atoms with Crippen LogP contribution in [0.3, 0.4) is 0 Å². The van der Waals surface area contributed by atoms with Gasteiger partial charge in [0, 0.05) is 12.0 Å². The molecule has 28 heavy (non-hydrogen) atoms. The first kappa shape index (κ1) is 19.5. The first-order chi connectivity index (χ1) is 13.3. The fraction of sp³-hybridized carbons (Fsp3) is 0.667. The second kappa shape index (κ2) is 7.53. The molecule has 1 aromatic rings. The molecule has 0 spiro atoms. The highest BCUT2D eigenvalue weighted by Gasteiger charge is 2.55. The maximum atomic E-state index is 13.3. The lowest BCUT2D eigenvalue weighted by Gasteiger charge is -2.55. The number of amides is 2. The van der Waals surface area contributed by atoms with Gasteiger partial charge >= 0.3 is 0 Å². The Hall–Kier alpha value is -1.84. The van der Waals surface area contributed by atoms with E-state index in [1.807, 2.05) is 26.0 Å². The van der Waals surface area contributed by atoms with Crippen LogP contribution in [0.4, 0.5) is 0 Å². The fourth-order valence-corrected chi connectivity index (χ4v) is 6.22. The molecule has 0 heterocycles. The Morgan fingerprint density at radius 3 is 2.04 bits per heavy atom. The smallest absolute Gasteiger partial charge is 0.243 e. The third-order valence-corrected chi connectivity index (χ3v) is 7.34. The molecule has 4 aliphatic carbocycles. The topological polar surface area (TPSA) is 58.2 Å². The fourth-order valence-electron chi connectivity index (χ4n) is 6.22. The first-order valence-corrected chi connectivity index (χ1v) is 11.0. The molecule has 4 bridgehead atoms. The van der Waals surface area contributed by atoms with Gasteiger partial charge in [0.1, 0.15) is 6.04 Å². The van der Waals surface area contributed by atoms with Gasteiger partial charge in [-0.25, -0.2) is 0 Å². The van der Waals surface area contributed by atoms with Gasteiger partial charge in [0.05, 0.1) is 0 Å². The first-order valence-electron chi connectivity index (χ1n) is 11.0. The number of benzene rings is 1. The molecule has 2 amide bonds. The molecule has 4 saturated carbocycles. The van der Waals surface area contributed by atoms with Crippen molar-refractivity contribution in [1.29, 1.82) is 0 Å². The lowest BCUT2D eigenvalue weighted by molar-refractivity contribution is -0.149. The number of aryl methyl sites for hydroxylation is 1. The average molecular weight is 383 g/mol. The van der Waals surface area contributed by atoms with Crippen LogP contribution in [0.15, 0.2) is 24.3 Å². The van der Waals surface area contributed by atoms with Gasteiger partial charge in [-0.05, 0) is 74.7 Å². The number of hydrogen-bond acceptors (Lipinski definition) is 2. The van der Waals surface area contributed by atoms with E-state index in [1.165, 1.54) is 24.8 Å². The summed E-state index contributed by atoms with van der Waals surface area (Å²) in [5.74, 6) is 2.31. The Morgan fingerprint density at radius 2 is 1.54 bits per heavy atom. The second-order valence-corrected chi connectivity index (χ2v) is 10.1. The molecule has 5 rings (SSSR count). The maximum absolute atomic E-state index is 13.3. The number of rotatable bonds is 6. The monoisotopic (exact) mass is 382 g/mol. The molecule has 1 atom stereocenters. The van der Waals surface area contributed by atoms with Gasteiger partial charge in [0.15, 0.2) is 0 Å². The predicted molar refractivity (Wildman–Crippen MR) is 110 cm³/mol. The summed E-state index contributed by atoms with van der Waals surface area (Å²) < 4.78 is 0. The average Bonchev–Trinajstić information content (AvgIpc) is 2.64. The van der Waals surface area contributed by atoms with E-state index in [2.05, 4.69) is 29.7 Å². The zero-order valence-electron chi connectivity index (χ0n) is 17.5. The SMILES string of the molecule is Cc1ccc(CNC(=O)[C@H](NC(=O)C23CC4CC(CC(C4)C2)C3)C(C)C)cc1. The van der Waals surface area contributed by atoms with E-state index in [1.54, 1.807) is 0 Å². The molecular weight excluding hydrogens is 348 g/mol. The van der Waals surface area contributed by atoms with E-state index >= 15 is 0 Å². The maximum Gasteiger partial charge on any atom is 0.243 e. The minimum Gasteiger partial charge on any atom is -0.350 e. The molecule has 4 fully saturated rings. The highest BCUT2D eigenvalue weighted by atomic mass is 16.2. The van der Waals surface area contributed by atoms with E-state index < -0.39 is 6.04 Å². The van der Waals surface area contributed by atoms with E-state index in [9.17, 15) is 9.59 Å². The normalized spacial score (nSPS) is 31.6. The van der Waals surface area contributed by atoms with Crippen molar-refractivity contribution >= 4 is 11.8 Å². The molecule has 0 aromatic heterocycles. The van der Waals surface area contributed by atoms with E-state index in [0.29, 0.717) is 6.54 Å². The van der Waals surface area contributed by atoms with Gasteiger partial charge in [-0.1, -0.05) is 43.7 Å². The zero-order chi connectivity index (χ0) is 19.9. The summed E-state index contributed by atoms with van der Waals surface area (Å²) in [5.41, 5.74) is 2.07. The molecule has 152 valence electrons. The highest BCUT2D eigenvalue weighted by molar-refractivity contribution is 5.90. The van der Waals surface area contributed by atoms with Gasteiger partial charge in [-0.2, -0.15) is 0 Å². The van der Waals surface area contributed by atoms with Crippen molar-refractivity contribution < 1.29 is 9.59 Å². The van der Waals surface area contributed by atoms with E-state index in [-0.39, 0.29) is 23.1 Å². The summed E-state index contributed by atoms with van der Waals surface area (Å²) in [6.45, 7) is 6.57. The predicted octanol–water partition coefficient (Wildman–Crippen LogP) is 3.97. The van der Waals surface area contributed by atoms with Crippen molar-refractivity contribution in [2.75, 3.05) is 0 Å². The summed E-state index contributed by atoms with van der Waals surface area (Å²) in [4.78, 5) is 26.2. The van der Waals surface area contributed by atoms with Crippen LogP contribution in [0, 0.1) is 36.0 Å². The lowest BCUT2D eigenvalue weighted by Crippen LogP contribution is -2.58. The number of hydrogen-bond donors (Lipinski definition) is 2. The van der Waals surface area contributed by atoms with E-state index in [4.69, 9.17) is 0 Å². The third kappa shape index (κ3) is 3.83. The number of carbonyl (C=O) groups excluding carboxylic acids is 2. The molecule has 4 nitrogen and oxygen atoms in total. The Balaban J connectivity index is 1.39. The van der Waals surface area contributed by atoms with Crippen molar-refractivity contribution in [3.8, 4) is 0 Å². The molecule has 0 aliphatic heterocycles. The third-order valence-electron chi connectivity index (χ3n) is 7.34. The van der Waals surface area contributed by atoms with Crippen molar-refractivity contribution in [1.82, 2.24) is 10.6 Å². The Labute approximate surface area is 168 Å². The molecule has 0 unspecified atom stereocenters. The largest absolute Gasteiger partial charge is 0.350 e. The minimum absolute atomic E-state index is 0.0656. The summed E-state index contributed by atoms with van der Waals surface area (Å²) in [6, 6.07) is 7.71. The van der Waals surface area contributed by atoms with Crippen LogP contribution >= 0.6 is 0 Å². The minimum atomic E-state index is -0.467. The van der Waals surface area contributed by atoms with Crippen LogP contribution in [0.25, 0.3) is 0 Å². The van der Waals surface area contributed by atoms with Crippen LogP contribution in [-0.2, 0) is 16.1 Å². The summed E-state index contributed by atoms with van der Waals surface area (Å²) >= 11 is 0. The molecule has 0 saturated heterocycles. The molecule has 2 N–H and O–H groups in total. The molecule has 4 aliphatic rings. The van der Waals surface area contributed by atoms with Crippen molar-refractivity contribution in [2.24, 2.45) is 29.1 Å². The van der Waals surface area contributed by atoms with Crippen LogP contribution < -0.4 is 10.6 Å². The standard InChI is InChI=1S/C24H34N2O2/c1-15(2)21(22(27)25-14-17-6-4-16(3)5-7-17)26-23(28)24-11-18-8-19(12-24)10-20(9-18)13-24/h4-7,15,18-21H,8-14H2,1-3H3,(H,25,27)(H,26,28)/t18?,19?,20?,21-,24?/m1/s1. The van der Waals surface area contributed by atoms with Crippen molar-refractivity contribution in [3.63, 3.8) is 0 Å². The van der Waals surface area contributed by atoms with Crippen LogP contribution in [-0.4, -0.2) is 17.9 Å². The quantitative estimate of drug-likeness (QED) is 0.782. The summed E-state index contributed by atoms with van der Waals surface area (Å²) in [7, 11) is 0. The Kier molecular flexibility index (Phi) is 5.24. The van der Waals surface area contributed by atoms with E-state index in [0.717, 1.165) is 42.6 Å². The van der Waals surface area contributed by atoms with Crippen LogP contribution in [0.2, 0.25) is 0 Å². The van der Waals surface area contributed by atoms with Gasteiger partial charge in [-0.3, -0.25) is 9.59 Å². The molecule has 4 heteroatoms. The van der Waals surface area contributed by atoms with Gasteiger partial charge in [0.25, 0.3) is 0 Å². The van der Waals surface area contributed by atoms with Crippen molar-refractivity contribution in [3.05, 3.63) is 35.4 Å². The van der Waals surface area contributed by atoms with Crippen LogP contribution in [0.1, 0.15) is 63.5 Å². The highest BCUT2D eigenvalue weighted by Crippen LogP contribution is 2.60. The van der Waals surface area contributed by atoms with Gasteiger partial charge < -0.3 is 10.6 Å². The molecule has 1 aromatic carbocycles. The van der Waals surface area contributed by atoms with Crippen molar-refractivity contribution in [2.45, 2.75) is 71.9 Å². The second-order valence-electron chi connectivity index (χ2n) is 10.1. The van der Waals surface area contributed by atoms with Gasteiger partial charge in [-0.15, -0.1) is 0 Å². The number of carbonyl (C=O) groups is 2. The molecular formula is C24H34N2O2.